The van der Waals surface area contributed by atoms with Crippen molar-refractivity contribution < 1.29 is 8.42 Å². The van der Waals surface area contributed by atoms with Gasteiger partial charge in [0.1, 0.15) is 4.90 Å². The van der Waals surface area contributed by atoms with E-state index < -0.39 is 10.0 Å². The second kappa shape index (κ2) is 6.39. The predicted molar refractivity (Wildman–Crippen MR) is 79.9 cm³/mol. The first-order valence-electron chi connectivity index (χ1n) is 6.75. The van der Waals surface area contributed by atoms with E-state index in [1.807, 2.05) is 26.8 Å². The third-order valence-corrected chi connectivity index (χ3v) is 5.46. The Morgan fingerprint density at radius 3 is 2.05 bits per heavy atom. The molecule has 19 heavy (non-hydrogen) atoms. The van der Waals surface area contributed by atoms with E-state index in [1.165, 1.54) is 0 Å². The Hall–Kier alpha value is -1.07. The zero-order chi connectivity index (χ0) is 14.5. The van der Waals surface area contributed by atoms with Crippen LogP contribution in [0.4, 0.5) is 5.69 Å². The summed E-state index contributed by atoms with van der Waals surface area (Å²) in [5, 5.41) is 2.92. The smallest absolute Gasteiger partial charge is 0.243 e. The van der Waals surface area contributed by atoms with Crippen molar-refractivity contribution in [3.8, 4) is 0 Å². The third kappa shape index (κ3) is 3.48. The van der Waals surface area contributed by atoms with E-state index in [0.29, 0.717) is 10.6 Å². The summed E-state index contributed by atoms with van der Waals surface area (Å²) in [4.78, 5) is 0.303. The lowest BCUT2D eigenvalue weighted by Gasteiger charge is -2.31. The molecule has 0 radical (unpaired) electrons. The highest BCUT2D eigenvalue weighted by Crippen LogP contribution is 2.26. The summed E-state index contributed by atoms with van der Waals surface area (Å²) in [7, 11) is -1.79. The van der Waals surface area contributed by atoms with Gasteiger partial charge in [-0.05, 0) is 31.4 Å². The minimum atomic E-state index is -3.51. The van der Waals surface area contributed by atoms with Gasteiger partial charge in [0.2, 0.25) is 10.0 Å². The molecule has 0 unspecified atom stereocenters. The molecular formula is C14H24N2O2S. The molecular weight excluding hydrogens is 260 g/mol. The fourth-order valence-electron chi connectivity index (χ4n) is 2.21. The van der Waals surface area contributed by atoms with Crippen molar-refractivity contribution in [2.45, 2.75) is 50.5 Å². The molecule has 0 aromatic heterocycles. The monoisotopic (exact) mass is 284 g/mol. The topological polar surface area (TPSA) is 58.2 Å². The molecule has 0 spiro atoms. The Labute approximate surface area is 116 Å². The lowest BCUT2D eigenvalue weighted by Crippen LogP contribution is -2.47. The number of nitrogens with one attached hydrogen (secondary N) is 2. The van der Waals surface area contributed by atoms with Crippen LogP contribution in [-0.2, 0) is 10.0 Å². The highest BCUT2D eigenvalue weighted by molar-refractivity contribution is 7.89. The standard InChI is InChI=1S/C14H24N2O2S/c1-5-14(6-2,7-3)16-19(17,18)13-11-9-8-10-12(13)15-4/h8-11,15-16H,5-7H2,1-4H3. The highest BCUT2D eigenvalue weighted by atomic mass is 32.2. The summed E-state index contributed by atoms with van der Waals surface area (Å²) in [6.07, 6.45) is 2.34. The molecule has 108 valence electrons. The summed E-state index contributed by atoms with van der Waals surface area (Å²) in [5.74, 6) is 0. The quantitative estimate of drug-likeness (QED) is 0.809. The Balaban J connectivity index is 3.18. The SMILES string of the molecule is CCC(CC)(CC)NS(=O)(=O)c1ccccc1NC. The molecule has 0 atom stereocenters. The van der Waals surface area contributed by atoms with Crippen molar-refractivity contribution >= 4 is 15.7 Å². The zero-order valence-electron chi connectivity index (χ0n) is 12.2. The average Bonchev–Trinajstić information content (AvgIpc) is 2.45. The molecule has 0 aliphatic heterocycles. The second-order valence-electron chi connectivity index (χ2n) is 4.69. The van der Waals surface area contributed by atoms with Crippen molar-refractivity contribution in [3.05, 3.63) is 24.3 Å². The van der Waals surface area contributed by atoms with Crippen LogP contribution in [0.25, 0.3) is 0 Å². The van der Waals surface area contributed by atoms with E-state index in [0.717, 1.165) is 19.3 Å². The van der Waals surface area contributed by atoms with Gasteiger partial charge in [0.05, 0.1) is 5.69 Å². The minimum absolute atomic E-state index is 0.303. The minimum Gasteiger partial charge on any atom is -0.387 e. The maximum absolute atomic E-state index is 12.6. The summed E-state index contributed by atoms with van der Waals surface area (Å²) in [6, 6.07) is 6.94. The fourth-order valence-corrected chi connectivity index (χ4v) is 4.04. The van der Waals surface area contributed by atoms with E-state index in [4.69, 9.17) is 0 Å². The van der Waals surface area contributed by atoms with Gasteiger partial charge in [-0.2, -0.15) is 0 Å². The molecule has 1 aromatic rings. The van der Waals surface area contributed by atoms with Crippen molar-refractivity contribution in [1.82, 2.24) is 4.72 Å². The molecule has 0 bridgehead atoms. The van der Waals surface area contributed by atoms with Crippen LogP contribution in [0.5, 0.6) is 0 Å². The van der Waals surface area contributed by atoms with Crippen molar-refractivity contribution in [1.29, 1.82) is 0 Å². The Morgan fingerprint density at radius 2 is 1.58 bits per heavy atom. The van der Waals surface area contributed by atoms with E-state index >= 15 is 0 Å². The molecule has 0 aliphatic carbocycles. The Morgan fingerprint density at radius 1 is 1.05 bits per heavy atom. The van der Waals surface area contributed by atoms with E-state index in [9.17, 15) is 8.42 Å². The number of para-hydroxylation sites is 1. The van der Waals surface area contributed by atoms with Crippen LogP contribution in [0.1, 0.15) is 40.0 Å². The Kier molecular flexibility index (Phi) is 5.38. The van der Waals surface area contributed by atoms with Crippen molar-refractivity contribution in [3.63, 3.8) is 0 Å². The number of hydrogen-bond acceptors (Lipinski definition) is 3. The van der Waals surface area contributed by atoms with Crippen LogP contribution in [0.15, 0.2) is 29.2 Å². The third-order valence-electron chi connectivity index (χ3n) is 3.83. The average molecular weight is 284 g/mol. The van der Waals surface area contributed by atoms with Gasteiger partial charge in [-0.25, -0.2) is 13.1 Å². The molecule has 1 rings (SSSR count). The van der Waals surface area contributed by atoms with Crippen LogP contribution < -0.4 is 10.0 Å². The normalized spacial score (nSPS) is 12.4. The maximum atomic E-state index is 12.6. The molecule has 0 amide bonds. The van der Waals surface area contributed by atoms with E-state index in [2.05, 4.69) is 10.0 Å². The number of rotatable bonds is 7. The first-order chi connectivity index (χ1) is 8.94. The number of sulfonamides is 1. The lowest BCUT2D eigenvalue weighted by atomic mass is 9.91. The van der Waals surface area contributed by atoms with Gasteiger partial charge in [0, 0.05) is 12.6 Å². The van der Waals surface area contributed by atoms with Crippen molar-refractivity contribution in [2.24, 2.45) is 0 Å². The van der Waals surface area contributed by atoms with Gasteiger partial charge in [0.25, 0.3) is 0 Å². The van der Waals surface area contributed by atoms with Crippen LogP contribution in [0.2, 0.25) is 0 Å². The summed E-state index contributed by atoms with van der Waals surface area (Å²) >= 11 is 0. The molecule has 5 heteroatoms. The van der Waals surface area contributed by atoms with Gasteiger partial charge in [0.15, 0.2) is 0 Å². The Bertz CT molecular complexity index is 500. The highest BCUT2D eigenvalue weighted by Gasteiger charge is 2.31. The summed E-state index contributed by atoms with van der Waals surface area (Å²) in [5.41, 5.74) is 0.256. The van der Waals surface area contributed by atoms with Crippen LogP contribution in [-0.4, -0.2) is 21.0 Å². The van der Waals surface area contributed by atoms with Crippen molar-refractivity contribution in [2.75, 3.05) is 12.4 Å². The maximum Gasteiger partial charge on any atom is 0.243 e. The van der Waals surface area contributed by atoms with Gasteiger partial charge < -0.3 is 5.32 Å². The molecule has 2 N–H and O–H groups in total. The van der Waals surface area contributed by atoms with Crippen LogP contribution in [0.3, 0.4) is 0 Å². The molecule has 4 nitrogen and oxygen atoms in total. The summed E-state index contributed by atoms with van der Waals surface area (Å²) < 4.78 is 28.0. The van der Waals surface area contributed by atoms with Gasteiger partial charge >= 0.3 is 0 Å². The molecule has 0 fully saturated rings. The second-order valence-corrected chi connectivity index (χ2v) is 6.34. The first kappa shape index (κ1) is 16.0. The number of anilines is 1. The van der Waals surface area contributed by atoms with Gasteiger partial charge in [-0.1, -0.05) is 32.9 Å². The molecule has 0 saturated heterocycles. The first-order valence-corrected chi connectivity index (χ1v) is 8.23. The molecule has 0 aliphatic rings. The number of hydrogen-bond donors (Lipinski definition) is 2. The molecule has 0 heterocycles. The largest absolute Gasteiger partial charge is 0.387 e. The van der Waals surface area contributed by atoms with Crippen LogP contribution in [0, 0.1) is 0 Å². The lowest BCUT2D eigenvalue weighted by molar-refractivity contribution is 0.342. The van der Waals surface area contributed by atoms with E-state index in [-0.39, 0.29) is 5.54 Å². The molecule has 1 aromatic carbocycles. The number of benzene rings is 1. The zero-order valence-corrected chi connectivity index (χ0v) is 13.0. The summed E-state index contributed by atoms with van der Waals surface area (Å²) in [6.45, 7) is 6.04. The van der Waals surface area contributed by atoms with Gasteiger partial charge in [-0.3, -0.25) is 0 Å². The predicted octanol–water partition coefficient (Wildman–Crippen LogP) is 2.98. The molecule has 0 saturated carbocycles. The van der Waals surface area contributed by atoms with Crippen LogP contribution >= 0.6 is 0 Å². The van der Waals surface area contributed by atoms with E-state index in [1.54, 1.807) is 25.2 Å². The van der Waals surface area contributed by atoms with Gasteiger partial charge in [-0.15, -0.1) is 0 Å². The fraction of sp³-hybridized carbons (Fsp3) is 0.571.